The topological polar surface area (TPSA) is 104 Å². The monoisotopic (exact) mass is 247 g/mol. The molecule has 1 aromatic rings. The van der Waals surface area contributed by atoms with Gasteiger partial charge in [0.2, 0.25) is 0 Å². The van der Waals surface area contributed by atoms with Crippen molar-refractivity contribution in [2.24, 2.45) is 5.73 Å². The Morgan fingerprint density at radius 3 is 2.44 bits per heavy atom. The van der Waals surface area contributed by atoms with Crippen LogP contribution in [0, 0.1) is 0 Å². The number of phenols is 1. The molecule has 0 aliphatic carbocycles. The number of carbonyl (C=O) groups is 1. The van der Waals surface area contributed by atoms with Gasteiger partial charge in [-0.25, -0.2) is 4.79 Å². The van der Waals surface area contributed by atoms with Crippen molar-refractivity contribution >= 4 is 18.4 Å². The quantitative estimate of drug-likeness (QED) is 0.635. The molecule has 1 rings (SSSR count). The second-order valence-electron chi connectivity index (χ2n) is 3.35. The van der Waals surface area contributed by atoms with Crippen LogP contribution in [0.15, 0.2) is 18.2 Å². The highest BCUT2D eigenvalue weighted by Gasteiger charge is 2.16. The van der Waals surface area contributed by atoms with Gasteiger partial charge in [-0.3, -0.25) is 0 Å². The summed E-state index contributed by atoms with van der Waals surface area (Å²) in [5, 5.41) is 27.2. The second-order valence-corrected chi connectivity index (χ2v) is 3.35. The van der Waals surface area contributed by atoms with Crippen LogP contribution in [-0.2, 0) is 0 Å². The number of aromatic carboxylic acids is 1. The van der Waals surface area contributed by atoms with E-state index in [-0.39, 0.29) is 23.7 Å². The summed E-state index contributed by atoms with van der Waals surface area (Å²) >= 11 is 0. The van der Waals surface area contributed by atoms with Gasteiger partial charge in [-0.2, -0.15) is 0 Å². The van der Waals surface area contributed by atoms with Gasteiger partial charge in [-0.1, -0.05) is 6.07 Å². The third-order valence-electron chi connectivity index (χ3n) is 2.16. The molecule has 0 aromatic heterocycles. The summed E-state index contributed by atoms with van der Waals surface area (Å²) < 4.78 is 0. The largest absolute Gasteiger partial charge is 0.507 e. The molecule has 6 heteroatoms. The number of hydrogen-bond donors (Lipinski definition) is 4. The molecule has 0 fully saturated rings. The van der Waals surface area contributed by atoms with E-state index >= 15 is 0 Å². The van der Waals surface area contributed by atoms with Gasteiger partial charge in [0.1, 0.15) is 11.3 Å². The number of aromatic hydroxyl groups is 1. The Balaban J connectivity index is 0.00000225. The van der Waals surface area contributed by atoms with Crippen LogP contribution in [0.25, 0.3) is 0 Å². The molecule has 16 heavy (non-hydrogen) atoms. The maximum absolute atomic E-state index is 10.7. The molecule has 90 valence electrons. The van der Waals surface area contributed by atoms with Crippen LogP contribution >= 0.6 is 12.4 Å². The fourth-order valence-electron chi connectivity index (χ4n) is 1.21. The summed E-state index contributed by atoms with van der Waals surface area (Å²) in [7, 11) is 0. The van der Waals surface area contributed by atoms with Crippen LogP contribution in [-0.4, -0.2) is 27.4 Å². The second kappa shape index (κ2) is 5.69. The Kier molecular flexibility index (Phi) is 5.23. The lowest BCUT2D eigenvalue weighted by molar-refractivity contribution is 0.0693. The van der Waals surface area contributed by atoms with Crippen molar-refractivity contribution in [3.05, 3.63) is 29.3 Å². The average Bonchev–Trinajstić information content (AvgIpc) is 2.16. The number of nitrogens with two attached hydrogens (primary N) is 1. The normalized spacial score (nSPS) is 13.7. The number of carboxylic acids is 1. The van der Waals surface area contributed by atoms with Crippen molar-refractivity contribution in [1.82, 2.24) is 0 Å². The molecule has 0 amide bonds. The molecule has 0 saturated heterocycles. The van der Waals surface area contributed by atoms with Crippen molar-refractivity contribution < 1.29 is 20.1 Å². The van der Waals surface area contributed by atoms with Gasteiger partial charge < -0.3 is 21.1 Å². The molecular formula is C10H14ClNO4. The molecule has 0 spiro atoms. The van der Waals surface area contributed by atoms with E-state index in [2.05, 4.69) is 0 Å². The minimum atomic E-state index is -1.23. The van der Waals surface area contributed by atoms with Crippen molar-refractivity contribution in [2.45, 2.75) is 19.1 Å². The summed E-state index contributed by atoms with van der Waals surface area (Å²) in [5.41, 5.74) is 5.89. The molecule has 5 nitrogen and oxygen atoms in total. The van der Waals surface area contributed by atoms with Gasteiger partial charge in [0.15, 0.2) is 0 Å². The van der Waals surface area contributed by atoms with Crippen molar-refractivity contribution in [3.63, 3.8) is 0 Å². The number of aliphatic hydroxyl groups excluding tert-OH is 1. The maximum atomic E-state index is 10.7. The number of aliphatic hydroxyl groups is 1. The van der Waals surface area contributed by atoms with Crippen LogP contribution in [0.5, 0.6) is 5.75 Å². The number of rotatable bonds is 3. The number of halogens is 1. The van der Waals surface area contributed by atoms with Gasteiger partial charge in [0.05, 0.1) is 12.1 Å². The molecule has 2 atom stereocenters. The zero-order valence-electron chi connectivity index (χ0n) is 8.62. The van der Waals surface area contributed by atoms with E-state index in [0.717, 1.165) is 0 Å². The fourth-order valence-corrected chi connectivity index (χ4v) is 1.21. The smallest absolute Gasteiger partial charge is 0.339 e. The van der Waals surface area contributed by atoms with Crippen LogP contribution < -0.4 is 5.73 Å². The van der Waals surface area contributed by atoms with Crippen LogP contribution in [0.4, 0.5) is 0 Å². The van der Waals surface area contributed by atoms with E-state index in [1.165, 1.54) is 25.1 Å². The number of carboxylic acid groups (broad SMARTS) is 1. The van der Waals surface area contributed by atoms with Gasteiger partial charge >= 0.3 is 5.97 Å². The van der Waals surface area contributed by atoms with E-state index in [1.54, 1.807) is 0 Å². The van der Waals surface area contributed by atoms with Gasteiger partial charge in [0, 0.05) is 0 Å². The first-order chi connectivity index (χ1) is 6.93. The zero-order valence-corrected chi connectivity index (χ0v) is 9.44. The van der Waals surface area contributed by atoms with Gasteiger partial charge in [0.25, 0.3) is 0 Å². The lowest BCUT2D eigenvalue weighted by atomic mass is 10.0. The van der Waals surface area contributed by atoms with Crippen LogP contribution in [0.1, 0.15) is 28.9 Å². The molecule has 0 unspecified atom stereocenters. The van der Waals surface area contributed by atoms with E-state index in [9.17, 15) is 15.0 Å². The molecule has 0 aliphatic rings. The summed E-state index contributed by atoms with van der Waals surface area (Å²) in [4.78, 5) is 10.7. The Bertz CT molecular complexity index is 381. The van der Waals surface area contributed by atoms with Crippen LogP contribution in [0.2, 0.25) is 0 Å². The standard InChI is InChI=1S/C10H13NO4.ClH/c1-5(12)9(11)6-2-3-8(13)7(4-6)10(14)15;/h2-5,9,12-13H,11H2,1H3,(H,14,15);1H/t5-,9-;/m1./s1. The molecule has 5 N–H and O–H groups in total. The maximum Gasteiger partial charge on any atom is 0.339 e. The van der Waals surface area contributed by atoms with Crippen LogP contribution in [0.3, 0.4) is 0 Å². The first-order valence-corrected chi connectivity index (χ1v) is 4.43. The fraction of sp³-hybridized carbons (Fsp3) is 0.300. The van der Waals surface area contributed by atoms with Gasteiger partial charge in [-0.05, 0) is 24.6 Å². The summed E-state index contributed by atoms with van der Waals surface area (Å²) in [6.45, 7) is 1.51. The Morgan fingerprint density at radius 1 is 1.44 bits per heavy atom. The van der Waals surface area contributed by atoms with Crippen molar-refractivity contribution in [3.8, 4) is 5.75 Å². The summed E-state index contributed by atoms with van der Waals surface area (Å²) in [6, 6.07) is 3.33. The summed E-state index contributed by atoms with van der Waals surface area (Å²) in [5.74, 6) is -1.55. The first-order valence-electron chi connectivity index (χ1n) is 4.43. The third kappa shape index (κ3) is 3.10. The predicted octanol–water partition coefficient (Wildman–Crippen LogP) is 0.893. The molecule has 0 heterocycles. The molecule has 0 saturated carbocycles. The lowest BCUT2D eigenvalue weighted by Gasteiger charge is -2.15. The molecular weight excluding hydrogens is 234 g/mol. The minimum Gasteiger partial charge on any atom is -0.507 e. The molecule has 0 aliphatic heterocycles. The molecule has 0 bridgehead atoms. The number of hydrogen-bond acceptors (Lipinski definition) is 4. The Morgan fingerprint density at radius 2 is 2.00 bits per heavy atom. The molecule has 0 radical (unpaired) electrons. The summed E-state index contributed by atoms with van der Waals surface area (Å²) in [6.07, 6.45) is -0.781. The predicted molar refractivity (Wildman–Crippen MR) is 60.9 cm³/mol. The van der Waals surface area contributed by atoms with Gasteiger partial charge in [-0.15, -0.1) is 12.4 Å². The molecule has 1 aromatic carbocycles. The zero-order chi connectivity index (χ0) is 11.6. The highest BCUT2D eigenvalue weighted by molar-refractivity contribution is 5.90. The first kappa shape index (κ1) is 14.7. The van der Waals surface area contributed by atoms with Crippen molar-refractivity contribution in [2.75, 3.05) is 0 Å². The van der Waals surface area contributed by atoms with Crippen molar-refractivity contribution in [1.29, 1.82) is 0 Å². The van der Waals surface area contributed by atoms with E-state index < -0.39 is 18.1 Å². The Hall–Kier alpha value is -1.30. The average molecular weight is 248 g/mol. The van der Waals surface area contributed by atoms with E-state index in [0.29, 0.717) is 5.56 Å². The Labute approximate surface area is 98.9 Å². The SMILES string of the molecule is C[C@@H](O)[C@@H](N)c1ccc(O)c(C(=O)O)c1.Cl. The van der Waals surface area contributed by atoms with E-state index in [4.69, 9.17) is 10.8 Å². The van der Waals surface area contributed by atoms with E-state index in [1.807, 2.05) is 0 Å². The minimum absolute atomic E-state index is 0. The third-order valence-corrected chi connectivity index (χ3v) is 2.16. The highest BCUT2D eigenvalue weighted by Crippen LogP contribution is 2.22. The highest BCUT2D eigenvalue weighted by atomic mass is 35.5. The number of benzene rings is 1. The lowest BCUT2D eigenvalue weighted by Crippen LogP contribution is -2.23.